The van der Waals surface area contributed by atoms with E-state index in [2.05, 4.69) is 17.3 Å². The van der Waals surface area contributed by atoms with Crippen molar-refractivity contribution >= 4 is 23.2 Å². The SMILES string of the molecule is CN1CCC(Nc2ccc(O)c3c2CC2CC4C(N(C)C)C(O)=C(C(N)=O)C(=O)C4(O)C(O)=C2C3=O)CC1. The number of aliphatic hydroxyl groups excluding tert-OH is 2. The molecule has 11 nitrogen and oxygen atoms in total. The molecule has 4 atom stereocenters. The number of fused-ring (bicyclic) bond motifs is 3. The molecule has 3 aliphatic carbocycles. The summed E-state index contributed by atoms with van der Waals surface area (Å²) in [5, 5.41) is 48.1. The van der Waals surface area contributed by atoms with Crippen LogP contribution in [-0.4, -0.2) is 99.6 Å². The number of phenols is 1. The van der Waals surface area contributed by atoms with Crippen LogP contribution in [0.2, 0.25) is 0 Å². The number of likely N-dealkylation sites (N-methyl/N-ethyl adjacent to an activating group) is 1. The summed E-state index contributed by atoms with van der Waals surface area (Å²) in [6, 6.07) is 2.35. The number of aliphatic hydroxyl groups is 3. The van der Waals surface area contributed by atoms with Gasteiger partial charge >= 0.3 is 0 Å². The predicted molar refractivity (Wildman–Crippen MR) is 138 cm³/mol. The fourth-order valence-corrected chi connectivity index (χ4v) is 6.76. The van der Waals surface area contributed by atoms with Gasteiger partial charge in [0, 0.05) is 23.2 Å². The number of ketones is 2. The number of benzene rings is 1. The predicted octanol–water partition coefficient (Wildman–Crippen LogP) is 0.627. The Morgan fingerprint density at radius 2 is 1.82 bits per heavy atom. The minimum Gasteiger partial charge on any atom is -0.510 e. The van der Waals surface area contributed by atoms with Gasteiger partial charge in [-0.05, 0) is 83.5 Å². The van der Waals surface area contributed by atoms with Crippen LogP contribution >= 0.6 is 0 Å². The normalized spacial score (nSPS) is 30.3. The Morgan fingerprint density at radius 1 is 1.16 bits per heavy atom. The number of carbonyl (C=O) groups is 3. The van der Waals surface area contributed by atoms with Gasteiger partial charge in [-0.3, -0.25) is 19.3 Å². The fraction of sp³-hybridized carbons (Fsp3) is 0.519. The highest BCUT2D eigenvalue weighted by Crippen LogP contribution is 2.52. The largest absolute Gasteiger partial charge is 0.510 e. The van der Waals surface area contributed by atoms with E-state index in [9.17, 15) is 34.8 Å². The van der Waals surface area contributed by atoms with Crippen LogP contribution in [0.25, 0.3) is 0 Å². The van der Waals surface area contributed by atoms with E-state index in [1.807, 2.05) is 0 Å². The third-order valence-electron chi connectivity index (χ3n) is 8.68. The number of aromatic hydroxyl groups is 1. The number of piperidine rings is 1. The summed E-state index contributed by atoms with van der Waals surface area (Å²) in [5.41, 5.74) is 3.12. The van der Waals surface area contributed by atoms with Gasteiger partial charge in [0.25, 0.3) is 5.91 Å². The molecule has 1 heterocycles. The second-order valence-corrected chi connectivity index (χ2v) is 11.2. The summed E-state index contributed by atoms with van der Waals surface area (Å²) in [6.45, 7) is 1.87. The molecule has 4 unspecified atom stereocenters. The van der Waals surface area contributed by atoms with E-state index in [4.69, 9.17) is 5.73 Å². The first-order valence-corrected chi connectivity index (χ1v) is 12.8. The number of nitrogens with one attached hydrogen (secondary N) is 1. The number of phenolic OH excluding ortho intramolecular Hbond substituents is 1. The lowest BCUT2D eigenvalue weighted by Gasteiger charge is -2.50. The van der Waals surface area contributed by atoms with Crippen LogP contribution in [0.4, 0.5) is 5.69 Å². The van der Waals surface area contributed by atoms with Gasteiger partial charge in [0.1, 0.15) is 22.8 Å². The molecule has 1 aliphatic heterocycles. The second kappa shape index (κ2) is 9.11. The number of anilines is 1. The summed E-state index contributed by atoms with van der Waals surface area (Å²) < 4.78 is 0. The Labute approximate surface area is 220 Å². The summed E-state index contributed by atoms with van der Waals surface area (Å²) in [4.78, 5) is 43.0. The molecular formula is C27H34N4O7. The standard InChI is InChI=1S/C27H34N4O7/c1-30(2)21-15-11-12-10-14-16(29-13-6-8-31(3)9-7-13)4-5-17(32)19(14)22(33)18(12)24(35)27(15,38)25(36)20(23(21)34)26(28)37/h4-5,12-13,15,21,29,32,34-35,38H,6-11H2,1-3H3,(H2,28,37). The number of hydrogen-bond donors (Lipinski definition) is 6. The smallest absolute Gasteiger partial charge is 0.255 e. The topological polar surface area (TPSA) is 177 Å². The van der Waals surface area contributed by atoms with Gasteiger partial charge in [-0.25, -0.2) is 0 Å². The van der Waals surface area contributed by atoms with Crippen molar-refractivity contribution in [3.05, 3.63) is 45.9 Å². The van der Waals surface area contributed by atoms with E-state index in [0.717, 1.165) is 31.6 Å². The molecule has 0 spiro atoms. The maximum absolute atomic E-state index is 13.8. The van der Waals surface area contributed by atoms with Crippen molar-refractivity contribution in [1.82, 2.24) is 9.80 Å². The molecule has 1 amide bonds. The molecular weight excluding hydrogens is 492 g/mol. The van der Waals surface area contributed by atoms with E-state index in [0.29, 0.717) is 5.56 Å². The van der Waals surface area contributed by atoms with Gasteiger partial charge in [-0.1, -0.05) is 0 Å². The van der Waals surface area contributed by atoms with E-state index in [1.54, 1.807) is 20.2 Å². The fourth-order valence-electron chi connectivity index (χ4n) is 6.76. The molecule has 1 aromatic rings. The van der Waals surface area contributed by atoms with Gasteiger partial charge in [-0.2, -0.15) is 0 Å². The lowest BCUT2D eigenvalue weighted by atomic mass is 9.58. The number of carbonyl (C=O) groups excluding carboxylic acids is 3. The summed E-state index contributed by atoms with van der Waals surface area (Å²) >= 11 is 0. The highest BCUT2D eigenvalue weighted by molar-refractivity contribution is 6.24. The first-order valence-electron chi connectivity index (χ1n) is 12.8. The molecule has 11 heteroatoms. The Hall–Kier alpha value is -3.41. The number of allylic oxidation sites excluding steroid dienone is 1. The third kappa shape index (κ3) is 3.71. The van der Waals surface area contributed by atoms with Crippen molar-refractivity contribution in [3.63, 3.8) is 0 Å². The minimum atomic E-state index is -2.63. The van der Waals surface area contributed by atoms with Crippen molar-refractivity contribution in [2.24, 2.45) is 17.6 Å². The number of primary amides is 1. The average molecular weight is 527 g/mol. The lowest BCUT2D eigenvalue weighted by molar-refractivity contribution is -0.148. The van der Waals surface area contributed by atoms with Crippen molar-refractivity contribution in [3.8, 4) is 5.75 Å². The number of rotatable bonds is 4. The Morgan fingerprint density at radius 3 is 2.42 bits per heavy atom. The molecule has 0 radical (unpaired) electrons. The number of nitrogens with zero attached hydrogens (tertiary/aromatic N) is 2. The van der Waals surface area contributed by atoms with Gasteiger partial charge in [-0.15, -0.1) is 0 Å². The quantitative estimate of drug-likeness (QED) is 0.241. The molecule has 7 N–H and O–H groups in total. The highest BCUT2D eigenvalue weighted by Gasteiger charge is 2.63. The number of nitrogens with two attached hydrogens (primary N) is 1. The molecule has 0 saturated carbocycles. The van der Waals surface area contributed by atoms with Gasteiger partial charge in [0.2, 0.25) is 5.78 Å². The van der Waals surface area contributed by atoms with Crippen molar-refractivity contribution in [2.75, 3.05) is 39.5 Å². The van der Waals surface area contributed by atoms with E-state index < -0.39 is 58.0 Å². The molecule has 1 fully saturated rings. The third-order valence-corrected chi connectivity index (χ3v) is 8.68. The number of amides is 1. The number of likely N-dealkylation sites (tertiary alicyclic amines) is 1. The van der Waals surface area contributed by atoms with Crippen molar-refractivity contribution < 1.29 is 34.8 Å². The second-order valence-electron chi connectivity index (χ2n) is 11.2. The molecule has 5 rings (SSSR count). The molecule has 0 aromatic heterocycles. The summed E-state index contributed by atoms with van der Waals surface area (Å²) in [6.07, 6.45) is 2.17. The first kappa shape index (κ1) is 26.2. The Bertz CT molecular complexity index is 1290. The van der Waals surface area contributed by atoms with Gasteiger partial charge in [0.05, 0.1) is 11.6 Å². The summed E-state index contributed by atoms with van der Waals surface area (Å²) in [5.74, 6) is -6.50. The zero-order valence-electron chi connectivity index (χ0n) is 21.7. The van der Waals surface area contributed by atoms with Gasteiger partial charge in [0.15, 0.2) is 11.4 Å². The maximum Gasteiger partial charge on any atom is 0.255 e. The molecule has 204 valence electrons. The zero-order chi connectivity index (χ0) is 27.7. The molecule has 1 saturated heterocycles. The monoisotopic (exact) mass is 526 g/mol. The molecule has 0 bridgehead atoms. The van der Waals surface area contributed by atoms with Crippen molar-refractivity contribution in [1.29, 1.82) is 0 Å². The number of Topliss-reactive ketones (excluding diaryl/α,β-unsaturated/α-hetero) is 2. The van der Waals surface area contributed by atoms with E-state index >= 15 is 0 Å². The Kier molecular flexibility index (Phi) is 6.28. The van der Waals surface area contributed by atoms with Crippen LogP contribution < -0.4 is 11.1 Å². The zero-order valence-corrected chi connectivity index (χ0v) is 21.7. The van der Waals surface area contributed by atoms with Crippen LogP contribution in [-0.2, 0) is 16.0 Å². The van der Waals surface area contributed by atoms with Crippen LogP contribution in [0.15, 0.2) is 34.8 Å². The van der Waals surface area contributed by atoms with Gasteiger partial charge < -0.3 is 36.4 Å². The molecule has 1 aromatic carbocycles. The maximum atomic E-state index is 13.8. The van der Waals surface area contributed by atoms with Crippen LogP contribution in [0.3, 0.4) is 0 Å². The first-order chi connectivity index (χ1) is 17.9. The Balaban J connectivity index is 1.61. The average Bonchev–Trinajstić information content (AvgIpc) is 2.84. The van der Waals surface area contributed by atoms with E-state index in [1.165, 1.54) is 11.0 Å². The van der Waals surface area contributed by atoms with Crippen LogP contribution in [0.5, 0.6) is 5.75 Å². The minimum absolute atomic E-state index is 0.0173. The molecule has 4 aliphatic rings. The highest BCUT2D eigenvalue weighted by atomic mass is 16.3. The van der Waals surface area contributed by atoms with Crippen molar-refractivity contribution in [2.45, 2.75) is 43.4 Å². The van der Waals surface area contributed by atoms with E-state index in [-0.39, 0.29) is 35.8 Å². The number of hydrogen-bond acceptors (Lipinski definition) is 10. The van der Waals surface area contributed by atoms with Crippen LogP contribution in [0.1, 0.15) is 35.2 Å². The molecule has 38 heavy (non-hydrogen) atoms. The lowest BCUT2D eigenvalue weighted by Crippen LogP contribution is -2.63. The summed E-state index contributed by atoms with van der Waals surface area (Å²) in [7, 11) is 5.28. The van der Waals surface area contributed by atoms with Crippen LogP contribution in [0, 0.1) is 11.8 Å².